The summed E-state index contributed by atoms with van der Waals surface area (Å²) in [7, 11) is 0. The number of benzene rings is 6. The van der Waals surface area contributed by atoms with Crippen molar-refractivity contribution in [3.63, 3.8) is 0 Å². The lowest BCUT2D eigenvalue weighted by molar-refractivity contribution is 1.17. The molecule has 1 aromatic heterocycles. The maximum absolute atomic E-state index is 4.86. The normalized spacial score (nSPS) is 11.7. The zero-order chi connectivity index (χ0) is 30.9. The maximum Gasteiger partial charge on any atom is 0.137 e. The lowest BCUT2D eigenvalue weighted by Gasteiger charge is -2.28. The molecule has 0 bridgehead atoms. The number of allylic oxidation sites excluding steroid dienone is 1. The van der Waals surface area contributed by atoms with Crippen LogP contribution in [0.2, 0.25) is 0 Å². The molecule has 0 radical (unpaired) electrons. The molecule has 4 nitrogen and oxygen atoms in total. The first-order chi connectivity index (χ1) is 22.0. The number of aliphatic imine (C=N–C) groups is 1. The van der Waals surface area contributed by atoms with Crippen molar-refractivity contribution in [1.82, 2.24) is 4.98 Å². The van der Waals surface area contributed by atoms with Gasteiger partial charge in [-0.2, -0.15) is 0 Å². The number of anilines is 5. The van der Waals surface area contributed by atoms with Crippen LogP contribution in [0.4, 0.5) is 28.6 Å². The molecule has 0 fully saturated rings. The van der Waals surface area contributed by atoms with Gasteiger partial charge in [-0.1, -0.05) is 91.0 Å². The largest absolute Gasteiger partial charge is 0.294 e. The number of hydrogen-bond acceptors (Lipinski definition) is 3. The minimum Gasteiger partial charge on any atom is -0.294 e. The molecule has 0 amide bonds. The van der Waals surface area contributed by atoms with E-state index in [9.17, 15) is 0 Å². The first-order valence-electron chi connectivity index (χ1n) is 15.2. The van der Waals surface area contributed by atoms with Gasteiger partial charge in [-0.05, 0) is 96.4 Å². The molecule has 0 saturated carbocycles. The molecule has 0 aliphatic rings. The van der Waals surface area contributed by atoms with E-state index in [0.717, 1.165) is 50.9 Å². The van der Waals surface area contributed by atoms with Gasteiger partial charge in [0.15, 0.2) is 0 Å². The average molecular weight is 583 g/mol. The average Bonchev–Trinajstić information content (AvgIpc) is 3.08. The Morgan fingerprint density at radius 1 is 0.667 bits per heavy atom. The lowest BCUT2D eigenvalue weighted by atomic mass is 9.92. The highest BCUT2D eigenvalue weighted by Gasteiger charge is 2.22. The van der Waals surface area contributed by atoms with Gasteiger partial charge in [-0.3, -0.25) is 9.80 Å². The second-order valence-electron chi connectivity index (χ2n) is 11.5. The van der Waals surface area contributed by atoms with Crippen LogP contribution >= 0.6 is 0 Å². The van der Waals surface area contributed by atoms with E-state index in [1.807, 2.05) is 30.6 Å². The van der Waals surface area contributed by atoms with E-state index >= 15 is 0 Å². The number of nitrogens with zero attached hydrogens (tertiary/aromatic N) is 4. The van der Waals surface area contributed by atoms with Crippen molar-refractivity contribution < 1.29 is 0 Å². The second-order valence-corrected chi connectivity index (χ2v) is 11.5. The van der Waals surface area contributed by atoms with Crippen molar-refractivity contribution in [2.45, 2.75) is 20.8 Å². The molecule has 4 heteroatoms. The summed E-state index contributed by atoms with van der Waals surface area (Å²) in [6, 6.07) is 42.9. The van der Waals surface area contributed by atoms with Crippen LogP contribution < -0.4 is 9.80 Å². The summed E-state index contributed by atoms with van der Waals surface area (Å²) in [5.74, 6) is 1.64. The molecule has 45 heavy (non-hydrogen) atoms. The molecule has 0 spiro atoms. The van der Waals surface area contributed by atoms with Gasteiger partial charge >= 0.3 is 0 Å². The van der Waals surface area contributed by atoms with Crippen LogP contribution in [0.5, 0.6) is 0 Å². The Morgan fingerprint density at radius 3 is 1.82 bits per heavy atom. The van der Waals surface area contributed by atoms with E-state index in [0.29, 0.717) is 0 Å². The molecular formula is C41H34N4. The summed E-state index contributed by atoms with van der Waals surface area (Å²) in [5, 5.41) is 7.16. The predicted molar refractivity (Wildman–Crippen MR) is 193 cm³/mol. The predicted octanol–water partition coefficient (Wildman–Crippen LogP) is 11.4. The zero-order valence-corrected chi connectivity index (χ0v) is 25.8. The molecule has 0 unspecified atom stereocenters. The van der Waals surface area contributed by atoms with Crippen molar-refractivity contribution in [2.75, 3.05) is 9.80 Å². The van der Waals surface area contributed by atoms with Crippen molar-refractivity contribution in [2.24, 2.45) is 4.99 Å². The summed E-state index contributed by atoms with van der Waals surface area (Å²) in [6.07, 6.45) is 5.65. The fourth-order valence-electron chi connectivity index (χ4n) is 6.09. The van der Waals surface area contributed by atoms with Gasteiger partial charge < -0.3 is 0 Å². The minimum atomic E-state index is 0.763. The molecular weight excluding hydrogens is 548 g/mol. The Morgan fingerprint density at radius 2 is 1.24 bits per heavy atom. The smallest absolute Gasteiger partial charge is 0.137 e. The number of aromatic nitrogens is 1. The molecule has 7 rings (SSSR count). The third-order valence-electron chi connectivity index (χ3n) is 8.12. The Bertz CT molecular complexity index is 2190. The van der Waals surface area contributed by atoms with E-state index < -0.39 is 0 Å². The van der Waals surface area contributed by atoms with Crippen LogP contribution in [0, 0.1) is 6.92 Å². The molecule has 0 aliphatic heterocycles. The minimum absolute atomic E-state index is 0.763. The third kappa shape index (κ3) is 5.11. The first-order valence-corrected chi connectivity index (χ1v) is 15.2. The van der Waals surface area contributed by atoms with Gasteiger partial charge in [0.05, 0.1) is 11.4 Å². The summed E-state index contributed by atoms with van der Waals surface area (Å²) in [4.78, 5) is 14.2. The molecule has 0 atom stereocenters. The molecule has 0 aliphatic carbocycles. The number of amidine groups is 1. The Labute approximate surface area is 264 Å². The van der Waals surface area contributed by atoms with Gasteiger partial charge in [0, 0.05) is 34.5 Å². The lowest BCUT2D eigenvalue weighted by Crippen LogP contribution is -2.24. The topological polar surface area (TPSA) is 31.7 Å². The van der Waals surface area contributed by atoms with Crippen molar-refractivity contribution in [3.05, 3.63) is 158 Å². The quantitative estimate of drug-likeness (QED) is 0.106. The highest BCUT2D eigenvalue weighted by Crippen LogP contribution is 2.45. The molecule has 1 heterocycles. The monoisotopic (exact) mass is 582 g/mol. The van der Waals surface area contributed by atoms with Crippen LogP contribution in [0.1, 0.15) is 19.4 Å². The maximum atomic E-state index is 4.86. The van der Waals surface area contributed by atoms with Crippen LogP contribution in [0.3, 0.4) is 0 Å². The highest BCUT2D eigenvalue weighted by molar-refractivity contribution is 6.29. The molecule has 7 aromatic rings. The van der Waals surface area contributed by atoms with Crippen molar-refractivity contribution >= 4 is 66.7 Å². The van der Waals surface area contributed by atoms with Gasteiger partial charge in [0.2, 0.25) is 0 Å². The third-order valence-corrected chi connectivity index (χ3v) is 8.12. The van der Waals surface area contributed by atoms with Gasteiger partial charge in [-0.15, -0.1) is 0 Å². The van der Waals surface area contributed by atoms with Crippen LogP contribution in [0.25, 0.3) is 32.3 Å². The van der Waals surface area contributed by atoms with Crippen LogP contribution in [-0.2, 0) is 0 Å². The number of hydrogen-bond donors (Lipinski definition) is 0. The van der Waals surface area contributed by atoms with E-state index in [1.165, 1.54) is 26.9 Å². The Kier molecular flexibility index (Phi) is 7.32. The standard InChI is InChI=1S/C41H34N4/c1-5-38(42-26-28(2)3)44(32-12-8-6-9-13-32)36-23-19-30-18-22-35-37(24-20-31-17-21-34(36)40(30)41(31)35)45(33-14-10-7-11-15-33)39-25-16-29(4)27-43-39/h5-27H,1H2,2-4H3. The Hall–Kier alpha value is -5.74. The molecule has 6 aromatic carbocycles. The van der Waals surface area contributed by atoms with E-state index in [-0.39, 0.29) is 0 Å². The highest BCUT2D eigenvalue weighted by atomic mass is 15.2. The molecule has 0 N–H and O–H groups in total. The van der Waals surface area contributed by atoms with Gasteiger partial charge in [0.1, 0.15) is 11.7 Å². The van der Waals surface area contributed by atoms with E-state index in [1.54, 1.807) is 0 Å². The first kappa shape index (κ1) is 28.1. The van der Waals surface area contributed by atoms with Gasteiger partial charge in [-0.25, -0.2) is 9.98 Å². The number of pyridine rings is 1. The summed E-state index contributed by atoms with van der Waals surface area (Å²) < 4.78 is 0. The van der Waals surface area contributed by atoms with Crippen LogP contribution in [0.15, 0.2) is 157 Å². The van der Waals surface area contributed by atoms with Crippen molar-refractivity contribution in [1.29, 1.82) is 0 Å². The second kappa shape index (κ2) is 11.7. The Balaban J connectivity index is 1.52. The SMILES string of the molecule is C=CC(=NC=C(C)C)N(c1ccccc1)c1ccc2ccc3c(N(c4ccccc4)c4ccc(C)cn4)ccc4ccc1c2c43. The molecule has 218 valence electrons. The number of aryl methyl sites for hydroxylation is 1. The fraction of sp³-hybridized carbons (Fsp3) is 0.0732. The summed E-state index contributed by atoms with van der Waals surface area (Å²) >= 11 is 0. The van der Waals surface area contributed by atoms with Crippen LogP contribution in [-0.4, -0.2) is 10.8 Å². The van der Waals surface area contributed by atoms with E-state index in [4.69, 9.17) is 9.98 Å². The number of para-hydroxylation sites is 2. The van der Waals surface area contributed by atoms with Crippen molar-refractivity contribution in [3.8, 4) is 0 Å². The summed E-state index contributed by atoms with van der Waals surface area (Å²) in [6.45, 7) is 10.3. The fourth-order valence-corrected chi connectivity index (χ4v) is 6.09. The molecule has 0 saturated heterocycles. The van der Waals surface area contributed by atoms with E-state index in [2.05, 4.69) is 146 Å². The number of rotatable bonds is 7. The van der Waals surface area contributed by atoms with Gasteiger partial charge in [0.25, 0.3) is 0 Å². The zero-order valence-electron chi connectivity index (χ0n) is 25.8. The summed E-state index contributed by atoms with van der Waals surface area (Å²) in [5.41, 5.74) is 6.47.